The molecule has 0 radical (unpaired) electrons. The van der Waals surface area contributed by atoms with Gasteiger partial charge >= 0.3 is 5.97 Å². The molecule has 92 valence electrons. The molecule has 0 unspecified atom stereocenters. The maximum atomic E-state index is 11.0. The van der Waals surface area contributed by atoms with Crippen LogP contribution in [0.15, 0.2) is 30.3 Å². The molecule has 0 bridgehead atoms. The molecule has 0 aliphatic rings. The highest BCUT2D eigenvalue weighted by Gasteiger charge is 2.01. The van der Waals surface area contributed by atoms with Gasteiger partial charge in [-0.05, 0) is 25.0 Å². The van der Waals surface area contributed by atoms with Gasteiger partial charge in [0.15, 0.2) is 6.29 Å². The quantitative estimate of drug-likeness (QED) is 0.425. The van der Waals surface area contributed by atoms with Crippen molar-refractivity contribution in [2.45, 2.75) is 19.3 Å². The van der Waals surface area contributed by atoms with Crippen LogP contribution >= 0.6 is 0 Å². The average Bonchev–Trinajstić information content (AvgIpc) is 2.37. The van der Waals surface area contributed by atoms with E-state index in [1.165, 1.54) is 0 Å². The number of carbonyl (C=O) groups is 2. The van der Waals surface area contributed by atoms with E-state index in [0.717, 1.165) is 25.1 Å². The van der Waals surface area contributed by atoms with Crippen LogP contribution in [0.2, 0.25) is 0 Å². The number of hydrogen-bond acceptors (Lipinski definition) is 4. The Hall–Kier alpha value is -1.84. The number of benzene rings is 1. The summed E-state index contributed by atoms with van der Waals surface area (Å²) in [4.78, 5) is 21.0. The molecule has 1 aromatic carbocycles. The van der Waals surface area contributed by atoms with Crippen LogP contribution in [-0.4, -0.2) is 25.4 Å². The summed E-state index contributed by atoms with van der Waals surface area (Å²) in [7, 11) is 0. The Balaban J connectivity index is 2.01. The molecule has 0 aliphatic heterocycles. The lowest BCUT2D eigenvalue weighted by atomic mass is 10.2. The first-order valence-corrected chi connectivity index (χ1v) is 5.71. The third kappa shape index (κ3) is 6.35. The second-order valence-electron chi connectivity index (χ2n) is 3.60. The normalized spacial score (nSPS) is 9.65. The largest absolute Gasteiger partial charge is 0.458 e. The van der Waals surface area contributed by atoms with E-state index in [1.54, 1.807) is 0 Å². The summed E-state index contributed by atoms with van der Waals surface area (Å²) in [6.45, 7) is 0.687. The molecule has 1 aromatic rings. The van der Waals surface area contributed by atoms with Gasteiger partial charge < -0.3 is 10.1 Å². The van der Waals surface area contributed by atoms with Crippen LogP contribution in [-0.2, 0) is 14.3 Å². The number of anilines is 1. The zero-order chi connectivity index (χ0) is 12.3. The first-order chi connectivity index (χ1) is 8.33. The van der Waals surface area contributed by atoms with Crippen molar-refractivity contribution in [1.82, 2.24) is 0 Å². The van der Waals surface area contributed by atoms with E-state index in [1.807, 2.05) is 30.3 Å². The molecule has 0 spiro atoms. The molecule has 0 amide bonds. The highest BCUT2D eigenvalue weighted by atomic mass is 16.5. The molecule has 0 saturated carbocycles. The maximum Gasteiger partial charge on any atom is 0.306 e. The smallest absolute Gasteiger partial charge is 0.306 e. The Morgan fingerprint density at radius 3 is 2.71 bits per heavy atom. The first-order valence-electron chi connectivity index (χ1n) is 5.71. The van der Waals surface area contributed by atoms with Crippen LogP contribution in [0.4, 0.5) is 5.69 Å². The minimum Gasteiger partial charge on any atom is -0.458 e. The van der Waals surface area contributed by atoms with E-state index < -0.39 is 0 Å². The number of carbonyl (C=O) groups excluding carboxylic acids is 2. The second kappa shape index (κ2) is 8.33. The standard InChI is InChI=1S/C13H17NO3/c15-10-11-17-13(16)8-4-5-9-14-12-6-2-1-3-7-12/h1-3,6-7,10,14H,4-5,8-9,11H2. The minimum atomic E-state index is -0.309. The predicted octanol–water partition coefficient (Wildman–Crippen LogP) is 2.01. The van der Waals surface area contributed by atoms with E-state index in [2.05, 4.69) is 10.1 Å². The lowest BCUT2D eigenvalue weighted by Gasteiger charge is -2.05. The number of ether oxygens (including phenoxy) is 1. The van der Waals surface area contributed by atoms with Crippen LogP contribution < -0.4 is 5.32 Å². The number of esters is 1. The summed E-state index contributed by atoms with van der Waals surface area (Å²) in [5.74, 6) is -0.309. The number of para-hydroxylation sites is 1. The lowest BCUT2D eigenvalue weighted by molar-refractivity contribution is -0.145. The first kappa shape index (κ1) is 13.2. The van der Waals surface area contributed by atoms with Crippen LogP contribution in [0.3, 0.4) is 0 Å². The van der Waals surface area contributed by atoms with Crippen molar-refractivity contribution in [3.8, 4) is 0 Å². The van der Waals surface area contributed by atoms with Gasteiger partial charge in [-0.2, -0.15) is 0 Å². The molecule has 1 rings (SSSR count). The van der Waals surface area contributed by atoms with E-state index >= 15 is 0 Å². The molecule has 1 N–H and O–H groups in total. The van der Waals surface area contributed by atoms with Gasteiger partial charge in [0.05, 0.1) is 0 Å². The number of rotatable bonds is 8. The molecule has 0 aliphatic carbocycles. The second-order valence-corrected chi connectivity index (χ2v) is 3.60. The van der Waals surface area contributed by atoms with Crippen molar-refractivity contribution in [3.63, 3.8) is 0 Å². The van der Waals surface area contributed by atoms with Gasteiger partial charge in [-0.3, -0.25) is 9.59 Å². The van der Waals surface area contributed by atoms with E-state index in [0.29, 0.717) is 12.7 Å². The molecule has 17 heavy (non-hydrogen) atoms. The molecule has 4 heteroatoms. The summed E-state index contributed by atoms with van der Waals surface area (Å²) in [6, 6.07) is 9.91. The Morgan fingerprint density at radius 1 is 1.24 bits per heavy atom. The van der Waals surface area contributed by atoms with Gasteiger partial charge in [-0.25, -0.2) is 0 Å². The van der Waals surface area contributed by atoms with Crippen molar-refractivity contribution < 1.29 is 14.3 Å². The fourth-order valence-corrected chi connectivity index (χ4v) is 1.38. The average molecular weight is 235 g/mol. The topological polar surface area (TPSA) is 55.4 Å². The van der Waals surface area contributed by atoms with Gasteiger partial charge in [0, 0.05) is 18.7 Å². The van der Waals surface area contributed by atoms with Crippen LogP contribution in [0.1, 0.15) is 19.3 Å². The summed E-state index contributed by atoms with van der Waals surface area (Å²) in [5, 5.41) is 3.25. The maximum absolute atomic E-state index is 11.0. The fourth-order valence-electron chi connectivity index (χ4n) is 1.38. The third-order valence-corrected chi connectivity index (χ3v) is 2.22. The van der Waals surface area contributed by atoms with Gasteiger partial charge in [0.25, 0.3) is 0 Å². The van der Waals surface area contributed by atoms with Crippen molar-refractivity contribution >= 4 is 17.9 Å². The van der Waals surface area contributed by atoms with E-state index in [4.69, 9.17) is 0 Å². The van der Waals surface area contributed by atoms with Gasteiger partial charge in [0.1, 0.15) is 6.61 Å². The van der Waals surface area contributed by atoms with Crippen molar-refractivity contribution in [2.75, 3.05) is 18.5 Å². The SMILES string of the molecule is O=CCOC(=O)CCCCNc1ccccc1. The van der Waals surface area contributed by atoms with Crippen molar-refractivity contribution in [1.29, 1.82) is 0 Å². The Bertz CT molecular complexity index is 338. The van der Waals surface area contributed by atoms with E-state index in [9.17, 15) is 9.59 Å². The number of nitrogens with one attached hydrogen (secondary N) is 1. The third-order valence-electron chi connectivity index (χ3n) is 2.22. The molecule has 0 saturated heterocycles. The fraction of sp³-hybridized carbons (Fsp3) is 0.385. The molecule has 0 fully saturated rings. The molecule has 0 atom stereocenters. The Labute approximate surface area is 101 Å². The minimum absolute atomic E-state index is 0.138. The molecule has 0 heterocycles. The van der Waals surface area contributed by atoms with Crippen LogP contribution in [0, 0.1) is 0 Å². The highest BCUT2D eigenvalue weighted by Crippen LogP contribution is 2.05. The van der Waals surface area contributed by atoms with Crippen molar-refractivity contribution in [2.24, 2.45) is 0 Å². The Morgan fingerprint density at radius 2 is 2.00 bits per heavy atom. The summed E-state index contributed by atoms with van der Waals surface area (Å²) < 4.78 is 4.63. The van der Waals surface area contributed by atoms with E-state index in [-0.39, 0.29) is 12.6 Å². The monoisotopic (exact) mass is 235 g/mol. The molecule has 4 nitrogen and oxygen atoms in total. The van der Waals surface area contributed by atoms with Crippen LogP contribution in [0.5, 0.6) is 0 Å². The number of unbranched alkanes of at least 4 members (excludes halogenated alkanes) is 1. The molecular formula is C13H17NO3. The van der Waals surface area contributed by atoms with Crippen LogP contribution in [0.25, 0.3) is 0 Å². The lowest BCUT2D eigenvalue weighted by Crippen LogP contribution is -2.07. The van der Waals surface area contributed by atoms with Gasteiger partial charge in [-0.1, -0.05) is 18.2 Å². The summed E-state index contributed by atoms with van der Waals surface area (Å²) >= 11 is 0. The molecular weight excluding hydrogens is 218 g/mol. The zero-order valence-electron chi connectivity index (χ0n) is 9.72. The number of aldehydes is 1. The highest BCUT2D eigenvalue weighted by molar-refractivity contribution is 5.71. The summed E-state index contributed by atoms with van der Waals surface area (Å²) in [5.41, 5.74) is 1.08. The zero-order valence-corrected chi connectivity index (χ0v) is 9.72. The van der Waals surface area contributed by atoms with Gasteiger partial charge in [-0.15, -0.1) is 0 Å². The number of hydrogen-bond donors (Lipinski definition) is 1. The van der Waals surface area contributed by atoms with Gasteiger partial charge in [0.2, 0.25) is 0 Å². The van der Waals surface area contributed by atoms with Crippen molar-refractivity contribution in [3.05, 3.63) is 30.3 Å². The predicted molar refractivity (Wildman–Crippen MR) is 65.8 cm³/mol. The summed E-state index contributed by atoms with van der Waals surface area (Å²) in [6.07, 6.45) is 2.60. The Kier molecular flexibility index (Phi) is 6.48. The molecule has 0 aromatic heterocycles.